The number of amides is 5. The summed E-state index contributed by atoms with van der Waals surface area (Å²) >= 11 is 0. The molecule has 1 saturated heterocycles. The molecule has 3 rings (SSSR count). The van der Waals surface area contributed by atoms with Crippen molar-refractivity contribution in [3.63, 3.8) is 0 Å². The summed E-state index contributed by atoms with van der Waals surface area (Å²) in [4.78, 5) is 48.0. The summed E-state index contributed by atoms with van der Waals surface area (Å²) in [5, 5.41) is 4.69. The molecule has 24 heavy (non-hydrogen) atoms. The fourth-order valence-corrected chi connectivity index (χ4v) is 2.69. The minimum absolute atomic E-state index is 0.175. The van der Waals surface area contributed by atoms with E-state index >= 15 is 0 Å². The van der Waals surface area contributed by atoms with Crippen molar-refractivity contribution in [1.82, 2.24) is 15.5 Å². The van der Waals surface area contributed by atoms with Crippen LogP contribution in [0.15, 0.2) is 24.3 Å². The van der Waals surface area contributed by atoms with Gasteiger partial charge < -0.3 is 10.1 Å². The van der Waals surface area contributed by atoms with Crippen LogP contribution in [-0.4, -0.2) is 55.0 Å². The average Bonchev–Trinajstić information content (AvgIpc) is 2.81. The molecule has 0 bridgehead atoms. The van der Waals surface area contributed by atoms with Gasteiger partial charge in [-0.2, -0.15) is 0 Å². The Kier molecular flexibility index (Phi) is 4.57. The first-order valence-electron chi connectivity index (χ1n) is 7.69. The third-order valence-corrected chi connectivity index (χ3v) is 3.98. The second-order valence-corrected chi connectivity index (χ2v) is 5.63. The van der Waals surface area contributed by atoms with E-state index < -0.39 is 11.9 Å². The van der Waals surface area contributed by atoms with Gasteiger partial charge in [0.1, 0.15) is 0 Å². The molecule has 2 aliphatic rings. The Morgan fingerprint density at radius 3 is 2.38 bits per heavy atom. The van der Waals surface area contributed by atoms with Gasteiger partial charge in [0.15, 0.2) is 0 Å². The van der Waals surface area contributed by atoms with Crippen LogP contribution in [0.5, 0.6) is 0 Å². The third kappa shape index (κ3) is 3.13. The van der Waals surface area contributed by atoms with Gasteiger partial charge in [0.25, 0.3) is 11.8 Å². The molecule has 0 spiro atoms. The summed E-state index contributed by atoms with van der Waals surface area (Å²) in [5.41, 5.74) is 0.857. The number of benzene rings is 1. The quantitative estimate of drug-likeness (QED) is 0.570. The minimum atomic E-state index is -0.498. The Labute approximate surface area is 138 Å². The van der Waals surface area contributed by atoms with E-state index in [9.17, 15) is 19.2 Å². The lowest BCUT2D eigenvalue weighted by Gasteiger charge is -2.22. The number of carbonyl (C=O) groups excluding carboxylic acids is 4. The van der Waals surface area contributed by atoms with Crippen LogP contribution in [0.3, 0.4) is 0 Å². The minimum Gasteiger partial charge on any atom is -0.380 e. The van der Waals surface area contributed by atoms with Crippen molar-refractivity contribution in [3.05, 3.63) is 35.4 Å². The van der Waals surface area contributed by atoms with Gasteiger partial charge in [0, 0.05) is 19.7 Å². The topological polar surface area (TPSA) is 105 Å². The molecule has 0 radical (unpaired) electrons. The van der Waals surface area contributed by atoms with Gasteiger partial charge in [-0.3, -0.25) is 24.6 Å². The highest BCUT2D eigenvalue weighted by atomic mass is 16.5. The number of imide groups is 2. The number of urea groups is 1. The molecule has 5 amide bonds. The molecule has 2 heterocycles. The van der Waals surface area contributed by atoms with Gasteiger partial charge in [-0.05, 0) is 18.6 Å². The lowest BCUT2D eigenvalue weighted by atomic mass is 10.1. The first-order chi connectivity index (χ1) is 11.6. The zero-order valence-corrected chi connectivity index (χ0v) is 12.9. The van der Waals surface area contributed by atoms with Crippen molar-refractivity contribution >= 4 is 23.8 Å². The molecule has 0 aromatic heterocycles. The van der Waals surface area contributed by atoms with E-state index in [-0.39, 0.29) is 37.4 Å². The Hall–Kier alpha value is -2.74. The number of hydrogen-bond acceptors (Lipinski definition) is 5. The maximum absolute atomic E-state index is 12.2. The first-order valence-corrected chi connectivity index (χ1v) is 7.69. The molecule has 0 saturated carbocycles. The van der Waals surface area contributed by atoms with Crippen molar-refractivity contribution in [1.29, 1.82) is 0 Å². The summed E-state index contributed by atoms with van der Waals surface area (Å²) in [6, 6.07) is 6.24. The molecule has 1 unspecified atom stereocenters. The van der Waals surface area contributed by atoms with Crippen LogP contribution >= 0.6 is 0 Å². The number of rotatable bonds is 6. The maximum Gasteiger partial charge on any atom is 0.321 e. The van der Waals surface area contributed by atoms with Crippen LogP contribution in [-0.2, 0) is 9.53 Å². The lowest BCUT2D eigenvalue weighted by Crippen LogP contribution is -2.53. The molecular weight excluding hydrogens is 314 g/mol. The van der Waals surface area contributed by atoms with Gasteiger partial charge in [0.2, 0.25) is 5.91 Å². The molecule has 8 heteroatoms. The molecule has 2 aliphatic heterocycles. The van der Waals surface area contributed by atoms with E-state index in [4.69, 9.17) is 4.74 Å². The third-order valence-electron chi connectivity index (χ3n) is 3.98. The monoisotopic (exact) mass is 331 g/mol. The molecular formula is C16H17N3O5. The number of nitrogens with one attached hydrogen (secondary N) is 2. The van der Waals surface area contributed by atoms with Crippen molar-refractivity contribution < 1.29 is 23.9 Å². The van der Waals surface area contributed by atoms with E-state index in [1.807, 2.05) is 0 Å². The van der Waals surface area contributed by atoms with Crippen molar-refractivity contribution in [3.8, 4) is 0 Å². The van der Waals surface area contributed by atoms with Crippen LogP contribution < -0.4 is 10.6 Å². The van der Waals surface area contributed by atoms with Crippen LogP contribution in [0.25, 0.3) is 0 Å². The number of hydrogen-bond donors (Lipinski definition) is 2. The zero-order chi connectivity index (χ0) is 17.1. The summed E-state index contributed by atoms with van der Waals surface area (Å²) < 4.78 is 5.42. The molecule has 1 atom stereocenters. The highest BCUT2D eigenvalue weighted by Gasteiger charge is 2.34. The van der Waals surface area contributed by atoms with E-state index in [1.165, 1.54) is 4.90 Å². The number of nitrogens with zero attached hydrogens (tertiary/aromatic N) is 1. The highest BCUT2D eigenvalue weighted by Crippen LogP contribution is 2.22. The molecule has 0 aliphatic carbocycles. The van der Waals surface area contributed by atoms with Crippen molar-refractivity contribution in [2.24, 2.45) is 5.92 Å². The van der Waals surface area contributed by atoms with Gasteiger partial charge in [-0.1, -0.05) is 12.1 Å². The smallest absolute Gasteiger partial charge is 0.321 e. The van der Waals surface area contributed by atoms with E-state index in [0.29, 0.717) is 24.2 Å². The Balaban J connectivity index is 1.42. The number of fused-ring (bicyclic) bond motifs is 1. The lowest BCUT2D eigenvalue weighted by molar-refractivity contribution is -0.126. The standard InChI is InChI=1S/C16H17N3O5/c20-13-10(8-17-16(23)18-13)9-24-7-3-6-19-14(21)11-4-1-2-5-12(11)15(19)22/h1-2,4-5,10H,3,6-9H2,(H2,17,18,20,23). The van der Waals surface area contributed by atoms with Gasteiger partial charge in [-0.25, -0.2) is 4.79 Å². The predicted molar refractivity (Wildman–Crippen MR) is 82.3 cm³/mol. The largest absolute Gasteiger partial charge is 0.380 e. The fraction of sp³-hybridized carbons (Fsp3) is 0.375. The fourth-order valence-electron chi connectivity index (χ4n) is 2.69. The Morgan fingerprint density at radius 1 is 1.08 bits per heavy atom. The summed E-state index contributed by atoms with van der Waals surface area (Å²) in [6.45, 7) is 0.988. The molecule has 8 nitrogen and oxygen atoms in total. The van der Waals surface area contributed by atoms with E-state index in [0.717, 1.165) is 0 Å². The average molecular weight is 331 g/mol. The predicted octanol–water partition coefficient (Wildman–Crippen LogP) is 0.145. The SMILES string of the molecule is O=C1NCC(COCCCN2C(=O)c3ccccc3C2=O)C(=O)N1. The van der Waals surface area contributed by atoms with Crippen molar-refractivity contribution in [2.45, 2.75) is 6.42 Å². The number of carbonyl (C=O) groups is 4. The molecule has 1 fully saturated rings. The second kappa shape index (κ2) is 6.79. The Bertz CT molecular complexity index is 668. The van der Waals surface area contributed by atoms with Gasteiger partial charge >= 0.3 is 6.03 Å². The summed E-state index contributed by atoms with van der Waals surface area (Å²) in [5.74, 6) is -1.36. The molecule has 1 aromatic carbocycles. The van der Waals surface area contributed by atoms with Gasteiger partial charge in [0.05, 0.1) is 23.7 Å². The van der Waals surface area contributed by atoms with Gasteiger partial charge in [-0.15, -0.1) is 0 Å². The van der Waals surface area contributed by atoms with E-state index in [1.54, 1.807) is 24.3 Å². The normalized spacial score (nSPS) is 20.0. The van der Waals surface area contributed by atoms with Crippen LogP contribution in [0.1, 0.15) is 27.1 Å². The molecule has 2 N–H and O–H groups in total. The van der Waals surface area contributed by atoms with E-state index in [2.05, 4.69) is 10.6 Å². The van der Waals surface area contributed by atoms with Crippen LogP contribution in [0, 0.1) is 5.92 Å². The summed E-state index contributed by atoms with van der Waals surface area (Å²) in [6.07, 6.45) is 0.478. The number of ether oxygens (including phenoxy) is 1. The Morgan fingerprint density at radius 2 is 1.75 bits per heavy atom. The molecule has 1 aromatic rings. The summed E-state index contributed by atoms with van der Waals surface area (Å²) in [7, 11) is 0. The second-order valence-electron chi connectivity index (χ2n) is 5.63. The molecule has 126 valence electrons. The zero-order valence-electron chi connectivity index (χ0n) is 12.9. The highest BCUT2D eigenvalue weighted by molar-refractivity contribution is 6.21. The van der Waals surface area contributed by atoms with Crippen molar-refractivity contribution in [2.75, 3.05) is 26.3 Å². The first kappa shape index (κ1) is 16.1. The van der Waals surface area contributed by atoms with Crippen LogP contribution in [0.2, 0.25) is 0 Å². The van der Waals surface area contributed by atoms with Crippen LogP contribution in [0.4, 0.5) is 4.79 Å². The maximum atomic E-state index is 12.2.